The summed E-state index contributed by atoms with van der Waals surface area (Å²) >= 11 is 0. The molecule has 3 rings (SSSR count). The largest absolute Gasteiger partial charge is 0.316 e. The Bertz CT molecular complexity index is 782. The van der Waals surface area contributed by atoms with Crippen LogP contribution in [0.3, 0.4) is 0 Å². The molecule has 2 aromatic rings. The molecule has 0 radical (unpaired) electrons. The highest BCUT2D eigenvalue weighted by Crippen LogP contribution is 2.29. The van der Waals surface area contributed by atoms with E-state index in [9.17, 15) is 14.4 Å². The maximum atomic E-state index is 12.2. The van der Waals surface area contributed by atoms with Gasteiger partial charge in [0.05, 0.1) is 11.0 Å². The number of aromatic nitrogens is 2. The molecule has 1 heterocycles. The van der Waals surface area contributed by atoms with E-state index in [1.165, 1.54) is 25.7 Å². The zero-order chi connectivity index (χ0) is 14.8. The predicted octanol–water partition coefficient (Wildman–Crippen LogP) is 2.37. The van der Waals surface area contributed by atoms with Gasteiger partial charge in [-0.1, -0.05) is 25.7 Å². The quantitative estimate of drug-likeness (QED) is 0.668. The minimum atomic E-state index is -0.696. The number of carbonyl (C=O) groups excluding carboxylic acids is 1. The van der Waals surface area contributed by atoms with Crippen LogP contribution < -0.4 is 11.1 Å². The van der Waals surface area contributed by atoms with E-state index >= 15 is 0 Å². The van der Waals surface area contributed by atoms with Crippen LogP contribution in [-0.2, 0) is 0 Å². The van der Waals surface area contributed by atoms with Crippen molar-refractivity contribution in [2.45, 2.75) is 38.5 Å². The molecule has 1 fully saturated rings. The average Bonchev–Trinajstić information content (AvgIpc) is 2.99. The van der Waals surface area contributed by atoms with Gasteiger partial charge in [-0.05, 0) is 30.5 Å². The fourth-order valence-corrected chi connectivity index (χ4v) is 3.07. The van der Waals surface area contributed by atoms with E-state index in [4.69, 9.17) is 0 Å². The van der Waals surface area contributed by atoms with Crippen molar-refractivity contribution < 1.29 is 4.79 Å². The van der Waals surface area contributed by atoms with Crippen LogP contribution in [0.4, 0.5) is 0 Å². The minimum Gasteiger partial charge on any atom is -0.316 e. The molecular weight excluding hydrogens is 268 g/mol. The summed E-state index contributed by atoms with van der Waals surface area (Å²) in [6.45, 7) is 0. The van der Waals surface area contributed by atoms with Gasteiger partial charge in [-0.3, -0.25) is 14.4 Å². The third kappa shape index (κ3) is 2.96. The molecule has 5 nitrogen and oxygen atoms in total. The summed E-state index contributed by atoms with van der Waals surface area (Å²) in [5, 5.41) is 0. The lowest BCUT2D eigenvalue weighted by Gasteiger charge is -2.08. The molecular formula is C16H18N2O3. The normalized spacial score (nSPS) is 15.6. The summed E-state index contributed by atoms with van der Waals surface area (Å²) in [4.78, 5) is 39.8. The first-order chi connectivity index (χ1) is 10.1. The number of Topliss-reactive ketones (excluding diaryl/α,β-unsaturated/α-hetero) is 1. The lowest BCUT2D eigenvalue weighted by atomic mass is 9.97. The molecule has 1 aromatic heterocycles. The van der Waals surface area contributed by atoms with Crippen molar-refractivity contribution in [1.82, 2.24) is 9.97 Å². The van der Waals surface area contributed by atoms with Gasteiger partial charge < -0.3 is 9.97 Å². The molecule has 0 unspecified atom stereocenters. The van der Waals surface area contributed by atoms with Crippen molar-refractivity contribution in [3.8, 4) is 0 Å². The number of carbonyl (C=O) groups is 1. The monoisotopic (exact) mass is 286 g/mol. The number of ketones is 1. The van der Waals surface area contributed by atoms with Gasteiger partial charge >= 0.3 is 11.1 Å². The first-order valence-corrected chi connectivity index (χ1v) is 7.43. The first-order valence-electron chi connectivity index (χ1n) is 7.43. The standard InChI is InChI=1S/C16H18N2O3/c19-14(8-5-10-3-1-2-4-10)11-6-7-12-13(9-11)18-16(21)15(20)17-12/h6-7,9-10H,1-5,8H2,(H,17,20)(H,18,21). The molecule has 2 N–H and O–H groups in total. The summed E-state index contributed by atoms with van der Waals surface area (Å²) in [7, 11) is 0. The van der Waals surface area contributed by atoms with Crippen LogP contribution in [0.2, 0.25) is 0 Å². The second kappa shape index (κ2) is 5.68. The van der Waals surface area contributed by atoms with Crippen LogP contribution >= 0.6 is 0 Å². The van der Waals surface area contributed by atoms with Crippen LogP contribution in [-0.4, -0.2) is 15.8 Å². The van der Waals surface area contributed by atoms with Crippen molar-refractivity contribution >= 4 is 16.8 Å². The van der Waals surface area contributed by atoms with Gasteiger partial charge in [-0.25, -0.2) is 0 Å². The van der Waals surface area contributed by atoms with Crippen LogP contribution in [0.5, 0.6) is 0 Å². The number of hydrogen-bond acceptors (Lipinski definition) is 3. The highest BCUT2D eigenvalue weighted by atomic mass is 16.2. The van der Waals surface area contributed by atoms with Crippen LogP contribution in [0.25, 0.3) is 11.0 Å². The third-order valence-electron chi connectivity index (χ3n) is 4.30. The molecule has 0 bridgehead atoms. The molecule has 1 saturated carbocycles. The van der Waals surface area contributed by atoms with Crippen molar-refractivity contribution in [2.24, 2.45) is 5.92 Å². The Morgan fingerprint density at radius 1 is 1.05 bits per heavy atom. The number of hydrogen-bond donors (Lipinski definition) is 2. The molecule has 0 aliphatic heterocycles. The van der Waals surface area contributed by atoms with E-state index in [1.54, 1.807) is 18.2 Å². The topological polar surface area (TPSA) is 82.8 Å². The van der Waals surface area contributed by atoms with Gasteiger partial charge in [0.15, 0.2) is 5.78 Å². The molecule has 1 aliphatic carbocycles. The molecule has 5 heteroatoms. The lowest BCUT2D eigenvalue weighted by Crippen LogP contribution is -2.28. The molecule has 21 heavy (non-hydrogen) atoms. The van der Waals surface area contributed by atoms with Crippen LogP contribution in [0.15, 0.2) is 27.8 Å². The summed E-state index contributed by atoms with van der Waals surface area (Å²) < 4.78 is 0. The number of fused-ring (bicyclic) bond motifs is 1. The van der Waals surface area contributed by atoms with E-state index < -0.39 is 11.1 Å². The van der Waals surface area contributed by atoms with Crippen molar-refractivity contribution in [3.05, 3.63) is 44.5 Å². The summed E-state index contributed by atoms with van der Waals surface area (Å²) in [5.74, 6) is 0.779. The second-order valence-electron chi connectivity index (χ2n) is 5.78. The SMILES string of the molecule is O=C(CCC1CCCC1)c1ccc2[nH]c(=O)c(=O)[nH]c2c1. The second-order valence-corrected chi connectivity index (χ2v) is 5.78. The third-order valence-corrected chi connectivity index (χ3v) is 4.30. The van der Waals surface area contributed by atoms with Gasteiger partial charge in [0.2, 0.25) is 0 Å². The number of benzene rings is 1. The fourth-order valence-electron chi connectivity index (χ4n) is 3.07. The Kier molecular flexibility index (Phi) is 3.73. The highest BCUT2D eigenvalue weighted by molar-refractivity contribution is 5.98. The summed E-state index contributed by atoms with van der Waals surface area (Å²) in [6, 6.07) is 5.01. The smallest absolute Gasteiger partial charge is 0.314 e. The van der Waals surface area contributed by atoms with Gasteiger partial charge in [-0.2, -0.15) is 0 Å². The Balaban J connectivity index is 1.79. The summed E-state index contributed by atoms with van der Waals surface area (Å²) in [5.41, 5.74) is 0.238. The van der Waals surface area contributed by atoms with E-state index in [1.807, 2.05) is 0 Å². The molecule has 1 aromatic carbocycles. The maximum Gasteiger partial charge on any atom is 0.314 e. The maximum absolute atomic E-state index is 12.2. The van der Waals surface area contributed by atoms with Crippen molar-refractivity contribution in [2.75, 3.05) is 0 Å². The number of rotatable bonds is 4. The molecule has 1 aliphatic rings. The fraction of sp³-hybridized carbons (Fsp3) is 0.438. The zero-order valence-corrected chi connectivity index (χ0v) is 11.8. The Hall–Kier alpha value is -2.17. The van der Waals surface area contributed by atoms with Gasteiger partial charge in [0.1, 0.15) is 0 Å². The van der Waals surface area contributed by atoms with E-state index in [0.717, 1.165) is 6.42 Å². The molecule has 0 saturated heterocycles. The van der Waals surface area contributed by atoms with E-state index in [-0.39, 0.29) is 5.78 Å². The Morgan fingerprint density at radius 3 is 2.43 bits per heavy atom. The number of nitrogens with one attached hydrogen (secondary N) is 2. The van der Waals surface area contributed by atoms with Crippen molar-refractivity contribution in [1.29, 1.82) is 0 Å². The number of H-pyrrole nitrogens is 2. The first kappa shape index (κ1) is 13.8. The summed E-state index contributed by atoms with van der Waals surface area (Å²) in [6.07, 6.45) is 6.52. The molecule has 0 amide bonds. The molecule has 110 valence electrons. The lowest BCUT2D eigenvalue weighted by molar-refractivity contribution is 0.0974. The average molecular weight is 286 g/mol. The molecule has 0 atom stereocenters. The Morgan fingerprint density at radius 2 is 1.71 bits per heavy atom. The van der Waals surface area contributed by atoms with Gasteiger partial charge in [0, 0.05) is 12.0 Å². The van der Waals surface area contributed by atoms with Gasteiger partial charge in [-0.15, -0.1) is 0 Å². The predicted molar refractivity (Wildman–Crippen MR) is 80.7 cm³/mol. The highest BCUT2D eigenvalue weighted by Gasteiger charge is 2.17. The van der Waals surface area contributed by atoms with E-state index in [0.29, 0.717) is 28.9 Å². The Labute approximate surface area is 121 Å². The zero-order valence-electron chi connectivity index (χ0n) is 11.8. The van der Waals surface area contributed by atoms with Crippen LogP contribution in [0.1, 0.15) is 48.9 Å². The van der Waals surface area contributed by atoms with Gasteiger partial charge in [0.25, 0.3) is 0 Å². The minimum absolute atomic E-state index is 0.0934. The van der Waals surface area contributed by atoms with Crippen LogP contribution in [0, 0.1) is 5.92 Å². The van der Waals surface area contributed by atoms with Crippen molar-refractivity contribution in [3.63, 3.8) is 0 Å². The number of aromatic amines is 2. The van der Waals surface area contributed by atoms with E-state index in [2.05, 4.69) is 9.97 Å². The molecule has 0 spiro atoms.